The monoisotopic (exact) mass is 424 g/mol. The number of para-hydroxylation sites is 1. The lowest BCUT2D eigenvalue weighted by Gasteiger charge is -2.16. The number of nitrogens with one attached hydrogen (secondary N) is 2. The normalized spacial score (nSPS) is 12.1. The van der Waals surface area contributed by atoms with Crippen LogP contribution in [-0.2, 0) is 14.8 Å². The Kier molecular flexibility index (Phi) is 6.42. The van der Waals surface area contributed by atoms with Gasteiger partial charge in [0.15, 0.2) is 6.10 Å². The summed E-state index contributed by atoms with van der Waals surface area (Å²) in [5, 5.41) is 2.74. The number of anilines is 2. The number of carbonyl (C=O) groups is 1. The maximum Gasteiger partial charge on any atom is 0.265 e. The highest BCUT2D eigenvalue weighted by Crippen LogP contribution is 2.20. The lowest BCUT2D eigenvalue weighted by atomic mass is 10.2. The molecule has 0 fully saturated rings. The van der Waals surface area contributed by atoms with Crippen LogP contribution in [0.4, 0.5) is 11.4 Å². The fraction of sp³-hybridized carbons (Fsp3) is 0.174. The standard InChI is InChI=1S/C23H24N2O4S/c1-16-7-6-9-20(15-16)25-30(27,28)21-13-11-19(12-14-21)24-23(26)18(3)29-22-10-5-4-8-17(22)2/h4-15,18,25H,1-3H3,(H,24,26)/t18-/m1/s1. The van der Waals surface area contributed by atoms with Crippen molar-refractivity contribution in [3.63, 3.8) is 0 Å². The number of rotatable bonds is 7. The van der Waals surface area contributed by atoms with Crippen LogP contribution in [0.2, 0.25) is 0 Å². The second-order valence-electron chi connectivity index (χ2n) is 7.01. The topological polar surface area (TPSA) is 84.5 Å². The van der Waals surface area contributed by atoms with Crippen molar-refractivity contribution in [2.45, 2.75) is 31.8 Å². The van der Waals surface area contributed by atoms with Gasteiger partial charge in [-0.3, -0.25) is 9.52 Å². The Bertz CT molecular complexity index is 1140. The summed E-state index contributed by atoms with van der Waals surface area (Å²) in [7, 11) is -3.72. The molecule has 0 spiro atoms. The first-order valence-corrected chi connectivity index (χ1v) is 11.0. The maximum absolute atomic E-state index is 12.6. The molecule has 1 atom stereocenters. The Balaban J connectivity index is 1.65. The van der Waals surface area contributed by atoms with E-state index >= 15 is 0 Å². The summed E-state index contributed by atoms with van der Waals surface area (Å²) in [6, 6.07) is 20.5. The van der Waals surface area contributed by atoms with Gasteiger partial charge in [-0.15, -0.1) is 0 Å². The number of amides is 1. The molecule has 0 saturated heterocycles. The minimum absolute atomic E-state index is 0.103. The van der Waals surface area contributed by atoms with Gasteiger partial charge in [0.25, 0.3) is 15.9 Å². The molecule has 0 unspecified atom stereocenters. The number of aryl methyl sites for hydroxylation is 2. The SMILES string of the molecule is Cc1cccc(NS(=O)(=O)c2ccc(NC(=O)[C@@H](C)Oc3ccccc3C)cc2)c1. The molecule has 7 heteroatoms. The van der Waals surface area contributed by atoms with E-state index in [9.17, 15) is 13.2 Å². The van der Waals surface area contributed by atoms with Crippen molar-refractivity contribution in [2.75, 3.05) is 10.0 Å². The van der Waals surface area contributed by atoms with Gasteiger partial charge in [-0.25, -0.2) is 8.42 Å². The zero-order chi connectivity index (χ0) is 21.7. The summed E-state index contributed by atoms with van der Waals surface area (Å²) in [5.74, 6) is 0.315. The van der Waals surface area contributed by atoms with Gasteiger partial charge in [0, 0.05) is 11.4 Å². The molecule has 0 aliphatic heterocycles. The highest BCUT2D eigenvalue weighted by molar-refractivity contribution is 7.92. The van der Waals surface area contributed by atoms with Crippen LogP contribution in [0.1, 0.15) is 18.1 Å². The van der Waals surface area contributed by atoms with Crippen molar-refractivity contribution in [3.8, 4) is 5.75 Å². The predicted octanol–water partition coefficient (Wildman–Crippen LogP) is 4.51. The van der Waals surface area contributed by atoms with Gasteiger partial charge in [-0.2, -0.15) is 0 Å². The van der Waals surface area contributed by atoms with Crippen molar-refractivity contribution in [1.29, 1.82) is 0 Å². The van der Waals surface area contributed by atoms with E-state index in [-0.39, 0.29) is 10.8 Å². The van der Waals surface area contributed by atoms with E-state index in [4.69, 9.17) is 4.74 Å². The summed E-state index contributed by atoms with van der Waals surface area (Å²) >= 11 is 0. The van der Waals surface area contributed by atoms with Crippen LogP contribution < -0.4 is 14.8 Å². The number of benzene rings is 3. The fourth-order valence-corrected chi connectivity index (χ4v) is 3.87. The molecule has 0 radical (unpaired) electrons. The molecule has 0 heterocycles. The molecule has 3 rings (SSSR count). The van der Waals surface area contributed by atoms with Gasteiger partial charge in [-0.05, 0) is 74.4 Å². The third-order valence-corrected chi connectivity index (χ3v) is 5.87. The molecule has 3 aromatic rings. The van der Waals surface area contributed by atoms with E-state index in [0.29, 0.717) is 17.1 Å². The second kappa shape index (κ2) is 9.00. The summed E-state index contributed by atoms with van der Waals surface area (Å²) in [4.78, 5) is 12.5. The largest absolute Gasteiger partial charge is 0.481 e. The van der Waals surface area contributed by atoms with Crippen LogP contribution in [0.5, 0.6) is 5.75 Å². The average molecular weight is 425 g/mol. The van der Waals surface area contributed by atoms with Gasteiger partial charge in [0.05, 0.1) is 4.90 Å². The summed E-state index contributed by atoms with van der Waals surface area (Å²) in [6.45, 7) is 5.45. The minimum atomic E-state index is -3.72. The van der Waals surface area contributed by atoms with E-state index in [0.717, 1.165) is 11.1 Å². The van der Waals surface area contributed by atoms with Crippen LogP contribution in [0.25, 0.3) is 0 Å². The van der Waals surface area contributed by atoms with Crippen molar-refractivity contribution in [3.05, 3.63) is 83.9 Å². The predicted molar refractivity (Wildman–Crippen MR) is 118 cm³/mol. The molecule has 30 heavy (non-hydrogen) atoms. The first-order chi connectivity index (χ1) is 14.2. The molecule has 2 N–H and O–H groups in total. The van der Waals surface area contributed by atoms with Crippen LogP contribution in [0, 0.1) is 13.8 Å². The molecular formula is C23H24N2O4S. The lowest BCUT2D eigenvalue weighted by Crippen LogP contribution is -2.30. The number of hydrogen-bond acceptors (Lipinski definition) is 4. The van der Waals surface area contributed by atoms with Crippen molar-refractivity contribution < 1.29 is 17.9 Å². The van der Waals surface area contributed by atoms with Crippen LogP contribution >= 0.6 is 0 Å². The molecule has 0 saturated carbocycles. The maximum atomic E-state index is 12.6. The Morgan fingerprint density at radius 2 is 1.60 bits per heavy atom. The van der Waals surface area contributed by atoms with Crippen LogP contribution in [0.15, 0.2) is 77.7 Å². The Labute approximate surface area is 177 Å². The zero-order valence-corrected chi connectivity index (χ0v) is 17.9. The first kappa shape index (κ1) is 21.4. The number of sulfonamides is 1. The molecule has 6 nitrogen and oxygen atoms in total. The second-order valence-corrected chi connectivity index (χ2v) is 8.70. The van der Waals surface area contributed by atoms with Gasteiger partial charge < -0.3 is 10.1 Å². The molecule has 1 amide bonds. The smallest absolute Gasteiger partial charge is 0.265 e. The third-order valence-electron chi connectivity index (χ3n) is 4.47. The highest BCUT2D eigenvalue weighted by atomic mass is 32.2. The Morgan fingerprint density at radius 1 is 0.900 bits per heavy atom. The number of ether oxygens (including phenoxy) is 1. The molecule has 156 valence electrons. The fourth-order valence-electron chi connectivity index (χ4n) is 2.82. The molecule has 0 aliphatic carbocycles. The van der Waals surface area contributed by atoms with E-state index in [1.165, 1.54) is 12.1 Å². The van der Waals surface area contributed by atoms with Gasteiger partial charge in [-0.1, -0.05) is 30.3 Å². The molecular weight excluding hydrogens is 400 g/mol. The van der Waals surface area contributed by atoms with E-state index in [1.807, 2.05) is 38.1 Å². The molecule has 0 aromatic heterocycles. The van der Waals surface area contributed by atoms with Gasteiger partial charge in [0.1, 0.15) is 5.75 Å². The highest BCUT2D eigenvalue weighted by Gasteiger charge is 2.17. The van der Waals surface area contributed by atoms with Crippen molar-refractivity contribution >= 4 is 27.3 Å². The minimum Gasteiger partial charge on any atom is -0.481 e. The Hall–Kier alpha value is -3.32. The first-order valence-electron chi connectivity index (χ1n) is 9.47. The van der Waals surface area contributed by atoms with Crippen molar-refractivity contribution in [1.82, 2.24) is 0 Å². The number of carbonyl (C=O) groups excluding carboxylic acids is 1. The molecule has 3 aromatic carbocycles. The van der Waals surface area contributed by atoms with E-state index in [1.54, 1.807) is 43.3 Å². The number of hydrogen-bond donors (Lipinski definition) is 2. The summed E-state index contributed by atoms with van der Waals surface area (Å²) in [6.07, 6.45) is -0.711. The van der Waals surface area contributed by atoms with Crippen LogP contribution in [0.3, 0.4) is 0 Å². The van der Waals surface area contributed by atoms with Gasteiger partial charge in [0.2, 0.25) is 0 Å². The summed E-state index contributed by atoms with van der Waals surface area (Å²) in [5.41, 5.74) is 2.87. The zero-order valence-electron chi connectivity index (χ0n) is 17.0. The van der Waals surface area contributed by atoms with Gasteiger partial charge >= 0.3 is 0 Å². The average Bonchev–Trinajstić information content (AvgIpc) is 2.70. The van der Waals surface area contributed by atoms with Crippen LogP contribution in [-0.4, -0.2) is 20.4 Å². The van der Waals surface area contributed by atoms with Crippen molar-refractivity contribution in [2.24, 2.45) is 0 Å². The molecule has 0 aliphatic rings. The molecule has 0 bridgehead atoms. The quantitative estimate of drug-likeness (QED) is 0.584. The summed E-state index contributed by atoms with van der Waals surface area (Å²) < 4.78 is 33.4. The lowest BCUT2D eigenvalue weighted by molar-refractivity contribution is -0.122. The third kappa shape index (κ3) is 5.39. The van der Waals surface area contributed by atoms with E-state index in [2.05, 4.69) is 10.0 Å². The van der Waals surface area contributed by atoms with E-state index < -0.39 is 16.1 Å². The Morgan fingerprint density at radius 3 is 2.27 bits per heavy atom.